The molecule has 0 aromatic rings. The summed E-state index contributed by atoms with van der Waals surface area (Å²) in [6, 6.07) is 0. The van der Waals surface area contributed by atoms with Gasteiger partial charge in [0.05, 0.1) is 0 Å². The van der Waals surface area contributed by atoms with Gasteiger partial charge in [-0.2, -0.15) is 0 Å². The van der Waals surface area contributed by atoms with E-state index in [-0.39, 0.29) is 0 Å². The standard InChI is InChI=1S/C10H19/c1-5-7-10(4)8-9(3)6-2/h6,9-10H,1-2,5,7-8H2,3-4H3. The van der Waals surface area contributed by atoms with Crippen LogP contribution in [0.2, 0.25) is 0 Å². The molecule has 59 valence electrons. The molecule has 0 amide bonds. The van der Waals surface area contributed by atoms with Crippen molar-refractivity contribution in [2.45, 2.75) is 33.1 Å². The van der Waals surface area contributed by atoms with Crippen LogP contribution in [0.1, 0.15) is 33.1 Å². The summed E-state index contributed by atoms with van der Waals surface area (Å²) in [5.41, 5.74) is 0. The molecule has 0 saturated carbocycles. The number of rotatable bonds is 5. The number of hydrogen-bond donors (Lipinski definition) is 0. The zero-order valence-electron chi connectivity index (χ0n) is 7.27. The molecule has 0 fully saturated rings. The molecule has 1 radical (unpaired) electrons. The molecule has 2 unspecified atom stereocenters. The number of allylic oxidation sites excluding steroid dienone is 1. The van der Waals surface area contributed by atoms with E-state index in [1.807, 2.05) is 6.08 Å². The van der Waals surface area contributed by atoms with Gasteiger partial charge in [-0.15, -0.1) is 6.58 Å². The zero-order valence-corrected chi connectivity index (χ0v) is 7.27. The predicted octanol–water partition coefficient (Wildman–Crippen LogP) is 3.45. The molecule has 0 aliphatic rings. The Morgan fingerprint density at radius 1 is 1.40 bits per heavy atom. The van der Waals surface area contributed by atoms with Gasteiger partial charge in [0.15, 0.2) is 0 Å². The Bertz CT molecular complexity index is 84.0. The first-order valence-electron chi connectivity index (χ1n) is 4.12. The Kier molecular flexibility index (Phi) is 5.38. The van der Waals surface area contributed by atoms with E-state index in [0.29, 0.717) is 5.92 Å². The van der Waals surface area contributed by atoms with Crippen LogP contribution in [0.3, 0.4) is 0 Å². The van der Waals surface area contributed by atoms with Crippen LogP contribution in [0.4, 0.5) is 0 Å². The van der Waals surface area contributed by atoms with E-state index in [1.54, 1.807) is 0 Å². The maximum absolute atomic E-state index is 3.83. The van der Waals surface area contributed by atoms with Crippen molar-refractivity contribution < 1.29 is 0 Å². The number of hydrogen-bond acceptors (Lipinski definition) is 0. The molecular formula is C10H19. The Hall–Kier alpha value is -0.260. The van der Waals surface area contributed by atoms with Crippen molar-refractivity contribution in [3.8, 4) is 0 Å². The summed E-state index contributed by atoms with van der Waals surface area (Å²) in [6.07, 6.45) is 5.60. The summed E-state index contributed by atoms with van der Waals surface area (Å²) in [4.78, 5) is 0. The molecule has 0 nitrogen and oxygen atoms in total. The summed E-state index contributed by atoms with van der Waals surface area (Å²) < 4.78 is 0. The smallest absolute Gasteiger partial charge is 0.0262 e. The highest BCUT2D eigenvalue weighted by Gasteiger charge is 2.03. The molecule has 10 heavy (non-hydrogen) atoms. The van der Waals surface area contributed by atoms with E-state index in [9.17, 15) is 0 Å². The molecule has 0 bridgehead atoms. The van der Waals surface area contributed by atoms with Crippen molar-refractivity contribution in [2.24, 2.45) is 11.8 Å². The largest absolute Gasteiger partial charge is 0.103 e. The van der Waals surface area contributed by atoms with E-state index >= 15 is 0 Å². The van der Waals surface area contributed by atoms with Crippen LogP contribution in [0.5, 0.6) is 0 Å². The molecule has 0 aliphatic heterocycles. The van der Waals surface area contributed by atoms with Crippen LogP contribution in [0.15, 0.2) is 12.7 Å². The molecule has 0 rings (SSSR count). The van der Waals surface area contributed by atoms with Gasteiger partial charge >= 0.3 is 0 Å². The van der Waals surface area contributed by atoms with Gasteiger partial charge in [-0.1, -0.05) is 39.7 Å². The van der Waals surface area contributed by atoms with Crippen molar-refractivity contribution in [3.63, 3.8) is 0 Å². The predicted molar refractivity (Wildman–Crippen MR) is 47.7 cm³/mol. The summed E-state index contributed by atoms with van der Waals surface area (Å²) >= 11 is 0. The first kappa shape index (κ1) is 9.74. The van der Waals surface area contributed by atoms with Gasteiger partial charge in [-0.25, -0.2) is 0 Å². The normalized spacial score (nSPS) is 16.3. The average molecular weight is 139 g/mol. The van der Waals surface area contributed by atoms with Gasteiger partial charge in [0.25, 0.3) is 0 Å². The minimum atomic E-state index is 0.668. The average Bonchev–Trinajstić information content (AvgIpc) is 1.88. The van der Waals surface area contributed by atoms with Crippen LogP contribution >= 0.6 is 0 Å². The minimum Gasteiger partial charge on any atom is -0.103 e. The van der Waals surface area contributed by atoms with E-state index in [0.717, 1.165) is 12.3 Å². The molecule has 0 saturated heterocycles. The van der Waals surface area contributed by atoms with Gasteiger partial charge in [-0.3, -0.25) is 0 Å². The second kappa shape index (κ2) is 5.52. The summed E-state index contributed by atoms with van der Waals surface area (Å²) in [6.45, 7) is 12.1. The third kappa shape index (κ3) is 4.60. The van der Waals surface area contributed by atoms with Gasteiger partial charge in [0.1, 0.15) is 0 Å². The summed E-state index contributed by atoms with van der Waals surface area (Å²) in [5, 5.41) is 0. The molecule has 0 aliphatic carbocycles. The fraction of sp³-hybridized carbons (Fsp3) is 0.700. The minimum absolute atomic E-state index is 0.668. The first-order chi connectivity index (χ1) is 4.70. The fourth-order valence-corrected chi connectivity index (χ4v) is 1.20. The highest BCUT2D eigenvalue weighted by Crippen LogP contribution is 2.16. The molecule has 0 aromatic carbocycles. The molecule has 2 atom stereocenters. The van der Waals surface area contributed by atoms with Crippen molar-refractivity contribution >= 4 is 0 Å². The second-order valence-electron chi connectivity index (χ2n) is 3.20. The quantitative estimate of drug-likeness (QED) is 0.512. The van der Waals surface area contributed by atoms with Crippen molar-refractivity contribution in [3.05, 3.63) is 19.6 Å². The van der Waals surface area contributed by atoms with Crippen molar-refractivity contribution in [2.75, 3.05) is 0 Å². The first-order valence-corrected chi connectivity index (χ1v) is 4.12. The maximum Gasteiger partial charge on any atom is -0.0262 e. The molecule has 0 heteroatoms. The SMILES string of the molecule is [CH2]CCC(C)CC(C)C=C. The molecular weight excluding hydrogens is 120 g/mol. The Morgan fingerprint density at radius 3 is 2.40 bits per heavy atom. The third-order valence-corrected chi connectivity index (χ3v) is 1.87. The monoisotopic (exact) mass is 139 g/mol. The highest BCUT2D eigenvalue weighted by atomic mass is 14.1. The Labute approximate surface area is 65.3 Å². The van der Waals surface area contributed by atoms with Gasteiger partial charge in [-0.05, 0) is 18.3 Å². The zero-order chi connectivity index (χ0) is 7.98. The van der Waals surface area contributed by atoms with Gasteiger partial charge in [0, 0.05) is 0 Å². The lowest BCUT2D eigenvalue weighted by atomic mass is 9.94. The van der Waals surface area contributed by atoms with Crippen molar-refractivity contribution in [1.29, 1.82) is 0 Å². The van der Waals surface area contributed by atoms with Crippen LogP contribution in [-0.4, -0.2) is 0 Å². The van der Waals surface area contributed by atoms with Crippen LogP contribution in [-0.2, 0) is 0 Å². The maximum atomic E-state index is 3.83. The van der Waals surface area contributed by atoms with E-state index in [1.165, 1.54) is 12.8 Å². The van der Waals surface area contributed by atoms with Crippen LogP contribution < -0.4 is 0 Å². The van der Waals surface area contributed by atoms with Gasteiger partial charge in [0.2, 0.25) is 0 Å². The van der Waals surface area contributed by atoms with Crippen molar-refractivity contribution in [1.82, 2.24) is 0 Å². The van der Waals surface area contributed by atoms with Crippen LogP contribution in [0.25, 0.3) is 0 Å². The molecule has 0 aromatic heterocycles. The third-order valence-electron chi connectivity index (χ3n) is 1.87. The second-order valence-corrected chi connectivity index (χ2v) is 3.20. The lowest BCUT2D eigenvalue weighted by molar-refractivity contribution is 0.441. The molecule has 0 spiro atoms. The lowest BCUT2D eigenvalue weighted by Crippen LogP contribution is -1.99. The van der Waals surface area contributed by atoms with Gasteiger partial charge < -0.3 is 0 Å². The topological polar surface area (TPSA) is 0 Å². The summed E-state index contributed by atoms with van der Waals surface area (Å²) in [7, 11) is 0. The Balaban J connectivity index is 3.36. The summed E-state index contributed by atoms with van der Waals surface area (Å²) in [5.74, 6) is 1.48. The Morgan fingerprint density at radius 2 is 2.00 bits per heavy atom. The highest BCUT2D eigenvalue weighted by molar-refractivity contribution is 4.76. The van der Waals surface area contributed by atoms with E-state index < -0.39 is 0 Å². The molecule has 0 N–H and O–H groups in total. The lowest BCUT2D eigenvalue weighted by Gasteiger charge is -2.12. The molecule has 0 heterocycles. The van der Waals surface area contributed by atoms with E-state index in [2.05, 4.69) is 27.4 Å². The fourth-order valence-electron chi connectivity index (χ4n) is 1.20. The van der Waals surface area contributed by atoms with E-state index in [4.69, 9.17) is 0 Å². The van der Waals surface area contributed by atoms with Crippen LogP contribution in [0, 0.1) is 18.8 Å².